The third-order valence-corrected chi connectivity index (χ3v) is 1.94. The van der Waals surface area contributed by atoms with E-state index in [1.807, 2.05) is 13.0 Å². The lowest BCUT2D eigenvalue weighted by molar-refractivity contribution is 0.411. The molecule has 0 fully saturated rings. The van der Waals surface area contributed by atoms with Crippen LogP contribution in [0.1, 0.15) is 11.1 Å². The zero-order valence-corrected chi connectivity index (χ0v) is 7.79. The smallest absolute Gasteiger partial charge is 0.125 e. The Labute approximate surface area is 77.7 Å². The standard InChI is InChI=1S/C10H12N2O/c1-7-5-8(3-4-11)10(13-2)6-9(7)12/h5-6H,3,12H2,1-2H3. The molecule has 0 atom stereocenters. The van der Waals surface area contributed by atoms with Gasteiger partial charge in [-0.3, -0.25) is 0 Å². The average molecular weight is 176 g/mol. The number of aryl methyl sites for hydroxylation is 1. The summed E-state index contributed by atoms with van der Waals surface area (Å²) in [7, 11) is 1.57. The van der Waals surface area contributed by atoms with E-state index in [0.717, 1.165) is 11.1 Å². The molecule has 68 valence electrons. The van der Waals surface area contributed by atoms with Crippen LogP contribution in [0.4, 0.5) is 5.69 Å². The van der Waals surface area contributed by atoms with E-state index < -0.39 is 0 Å². The molecule has 0 aromatic heterocycles. The van der Waals surface area contributed by atoms with E-state index in [-0.39, 0.29) is 0 Å². The van der Waals surface area contributed by atoms with Gasteiger partial charge in [-0.1, -0.05) is 0 Å². The van der Waals surface area contributed by atoms with Gasteiger partial charge in [0.05, 0.1) is 19.6 Å². The molecule has 1 aromatic rings. The highest BCUT2D eigenvalue weighted by molar-refractivity contribution is 5.54. The Kier molecular flexibility index (Phi) is 2.76. The monoisotopic (exact) mass is 176 g/mol. The maximum atomic E-state index is 8.56. The quantitative estimate of drug-likeness (QED) is 0.697. The Morgan fingerprint density at radius 1 is 1.54 bits per heavy atom. The molecule has 0 radical (unpaired) electrons. The second-order valence-corrected chi connectivity index (χ2v) is 2.86. The molecule has 2 N–H and O–H groups in total. The van der Waals surface area contributed by atoms with Crippen LogP contribution in [0.3, 0.4) is 0 Å². The molecule has 0 unspecified atom stereocenters. The van der Waals surface area contributed by atoms with Gasteiger partial charge in [-0.2, -0.15) is 5.26 Å². The molecule has 0 aliphatic carbocycles. The van der Waals surface area contributed by atoms with Gasteiger partial charge in [0.25, 0.3) is 0 Å². The number of hydrogen-bond acceptors (Lipinski definition) is 3. The number of nitrogens with zero attached hydrogens (tertiary/aromatic N) is 1. The molecule has 0 aliphatic rings. The highest BCUT2D eigenvalue weighted by atomic mass is 16.5. The van der Waals surface area contributed by atoms with E-state index in [9.17, 15) is 0 Å². The molecule has 0 saturated carbocycles. The minimum atomic E-state index is 0.351. The predicted octanol–water partition coefficient (Wildman–Crippen LogP) is 1.65. The molecule has 1 aromatic carbocycles. The molecular formula is C10H12N2O. The van der Waals surface area contributed by atoms with E-state index in [2.05, 4.69) is 6.07 Å². The Morgan fingerprint density at radius 3 is 2.77 bits per heavy atom. The summed E-state index contributed by atoms with van der Waals surface area (Å²) in [4.78, 5) is 0. The number of methoxy groups -OCH3 is 1. The summed E-state index contributed by atoms with van der Waals surface area (Å²) in [5.74, 6) is 0.685. The number of benzene rings is 1. The maximum absolute atomic E-state index is 8.56. The lowest BCUT2D eigenvalue weighted by Crippen LogP contribution is -1.96. The van der Waals surface area contributed by atoms with Crippen LogP contribution in [0.5, 0.6) is 5.75 Å². The summed E-state index contributed by atoms with van der Waals surface area (Å²) >= 11 is 0. The lowest BCUT2D eigenvalue weighted by atomic mass is 10.1. The van der Waals surface area contributed by atoms with E-state index in [1.165, 1.54) is 0 Å². The predicted molar refractivity (Wildman–Crippen MR) is 51.5 cm³/mol. The van der Waals surface area contributed by atoms with Gasteiger partial charge in [-0.05, 0) is 18.6 Å². The molecule has 0 amide bonds. The first-order valence-corrected chi connectivity index (χ1v) is 3.99. The number of hydrogen-bond donors (Lipinski definition) is 1. The van der Waals surface area contributed by atoms with Crippen molar-refractivity contribution in [3.8, 4) is 11.8 Å². The number of rotatable bonds is 2. The molecular weight excluding hydrogens is 164 g/mol. The summed E-state index contributed by atoms with van der Waals surface area (Å²) in [6.07, 6.45) is 0.351. The van der Waals surface area contributed by atoms with Crippen LogP contribution in [-0.4, -0.2) is 7.11 Å². The largest absolute Gasteiger partial charge is 0.496 e. The van der Waals surface area contributed by atoms with Gasteiger partial charge in [0.1, 0.15) is 5.75 Å². The summed E-state index contributed by atoms with van der Waals surface area (Å²) in [5, 5.41) is 8.56. The highest BCUT2D eigenvalue weighted by Crippen LogP contribution is 2.24. The van der Waals surface area contributed by atoms with Crippen LogP contribution in [0, 0.1) is 18.3 Å². The fraction of sp³-hybridized carbons (Fsp3) is 0.300. The lowest BCUT2D eigenvalue weighted by Gasteiger charge is -2.08. The number of nitriles is 1. The Morgan fingerprint density at radius 2 is 2.23 bits per heavy atom. The van der Waals surface area contributed by atoms with Crippen molar-refractivity contribution in [2.75, 3.05) is 12.8 Å². The van der Waals surface area contributed by atoms with Crippen molar-refractivity contribution in [1.29, 1.82) is 5.26 Å². The van der Waals surface area contributed by atoms with E-state index >= 15 is 0 Å². The first kappa shape index (κ1) is 9.40. The van der Waals surface area contributed by atoms with Crippen LogP contribution < -0.4 is 10.5 Å². The van der Waals surface area contributed by atoms with Crippen LogP contribution in [-0.2, 0) is 6.42 Å². The SMILES string of the molecule is COc1cc(N)c(C)cc1CC#N. The second kappa shape index (κ2) is 3.81. The number of nitrogens with two attached hydrogens (primary N) is 1. The van der Waals surface area contributed by atoms with E-state index in [0.29, 0.717) is 17.9 Å². The van der Waals surface area contributed by atoms with Gasteiger partial charge in [0, 0.05) is 17.3 Å². The zero-order chi connectivity index (χ0) is 9.84. The van der Waals surface area contributed by atoms with Crippen LogP contribution in [0.15, 0.2) is 12.1 Å². The normalized spacial score (nSPS) is 9.31. The first-order valence-electron chi connectivity index (χ1n) is 3.99. The van der Waals surface area contributed by atoms with Crippen molar-refractivity contribution in [2.24, 2.45) is 0 Å². The molecule has 0 bridgehead atoms. The highest BCUT2D eigenvalue weighted by Gasteiger charge is 2.05. The van der Waals surface area contributed by atoms with Gasteiger partial charge in [0.15, 0.2) is 0 Å². The van der Waals surface area contributed by atoms with Crippen molar-refractivity contribution >= 4 is 5.69 Å². The van der Waals surface area contributed by atoms with Crippen LogP contribution in [0.2, 0.25) is 0 Å². The number of nitrogen functional groups attached to an aromatic ring is 1. The van der Waals surface area contributed by atoms with Gasteiger partial charge in [0.2, 0.25) is 0 Å². The van der Waals surface area contributed by atoms with Crippen molar-refractivity contribution < 1.29 is 4.74 Å². The van der Waals surface area contributed by atoms with Crippen LogP contribution in [0.25, 0.3) is 0 Å². The molecule has 0 aliphatic heterocycles. The fourth-order valence-electron chi connectivity index (χ4n) is 1.18. The van der Waals surface area contributed by atoms with Gasteiger partial charge in [-0.25, -0.2) is 0 Å². The van der Waals surface area contributed by atoms with Gasteiger partial charge in [-0.15, -0.1) is 0 Å². The molecule has 13 heavy (non-hydrogen) atoms. The molecule has 3 heteroatoms. The Bertz CT molecular complexity index is 353. The maximum Gasteiger partial charge on any atom is 0.125 e. The zero-order valence-electron chi connectivity index (χ0n) is 7.79. The van der Waals surface area contributed by atoms with Crippen molar-refractivity contribution in [3.05, 3.63) is 23.3 Å². The summed E-state index contributed by atoms with van der Waals surface area (Å²) < 4.78 is 5.10. The third kappa shape index (κ3) is 1.91. The summed E-state index contributed by atoms with van der Waals surface area (Å²) in [6.45, 7) is 1.91. The second-order valence-electron chi connectivity index (χ2n) is 2.86. The average Bonchev–Trinajstić information content (AvgIpc) is 2.11. The van der Waals surface area contributed by atoms with Crippen molar-refractivity contribution in [2.45, 2.75) is 13.3 Å². The molecule has 1 rings (SSSR count). The van der Waals surface area contributed by atoms with Crippen molar-refractivity contribution in [1.82, 2.24) is 0 Å². The topological polar surface area (TPSA) is 59.0 Å². The third-order valence-electron chi connectivity index (χ3n) is 1.94. The number of ether oxygens (including phenoxy) is 1. The van der Waals surface area contributed by atoms with Crippen LogP contribution >= 0.6 is 0 Å². The summed E-state index contributed by atoms with van der Waals surface area (Å²) in [5.41, 5.74) is 8.26. The van der Waals surface area contributed by atoms with Gasteiger partial charge >= 0.3 is 0 Å². The first-order chi connectivity index (χ1) is 6.19. The minimum Gasteiger partial charge on any atom is -0.496 e. The van der Waals surface area contributed by atoms with Gasteiger partial charge < -0.3 is 10.5 Å². The van der Waals surface area contributed by atoms with E-state index in [4.69, 9.17) is 15.7 Å². The summed E-state index contributed by atoms with van der Waals surface area (Å²) in [6, 6.07) is 5.72. The van der Waals surface area contributed by atoms with E-state index in [1.54, 1.807) is 13.2 Å². The molecule has 0 saturated heterocycles. The molecule has 0 spiro atoms. The fourth-order valence-corrected chi connectivity index (χ4v) is 1.18. The number of anilines is 1. The molecule has 0 heterocycles. The Balaban J connectivity index is 3.18. The Hall–Kier alpha value is -1.69. The van der Waals surface area contributed by atoms with Crippen molar-refractivity contribution in [3.63, 3.8) is 0 Å². The minimum absolute atomic E-state index is 0.351. The molecule has 3 nitrogen and oxygen atoms in total.